The van der Waals surface area contributed by atoms with Crippen molar-refractivity contribution in [2.24, 2.45) is 5.73 Å². The van der Waals surface area contributed by atoms with Crippen molar-refractivity contribution in [2.45, 2.75) is 38.8 Å². The lowest BCUT2D eigenvalue weighted by Gasteiger charge is -2.17. The van der Waals surface area contributed by atoms with Crippen LogP contribution in [0.25, 0.3) is 0 Å². The van der Waals surface area contributed by atoms with Crippen molar-refractivity contribution in [1.29, 1.82) is 0 Å². The Morgan fingerprint density at radius 2 is 1.67 bits per heavy atom. The number of esters is 2. The molecule has 0 aromatic carbocycles. The maximum Gasteiger partial charge on any atom is 0.329 e. The van der Waals surface area contributed by atoms with E-state index in [2.05, 4.69) is 10.1 Å². The normalized spacial score (nSPS) is 12.9. The predicted molar refractivity (Wildman–Crippen MR) is 70.0 cm³/mol. The first-order valence-corrected chi connectivity index (χ1v) is 6.41. The monoisotopic (exact) mass is 304 g/mol. The Labute approximate surface area is 121 Å². The number of carbonyl (C=O) groups is 4. The number of ether oxygens (including phenoxy) is 2. The van der Waals surface area contributed by atoms with Gasteiger partial charge in [-0.05, 0) is 13.8 Å². The largest absolute Gasteiger partial charge is 0.480 e. The van der Waals surface area contributed by atoms with E-state index >= 15 is 0 Å². The number of carboxylic acids is 1. The van der Waals surface area contributed by atoms with E-state index in [9.17, 15) is 19.2 Å². The third-order valence-electron chi connectivity index (χ3n) is 2.30. The van der Waals surface area contributed by atoms with E-state index in [0.717, 1.165) is 0 Å². The Balaban J connectivity index is 4.65. The molecule has 9 nitrogen and oxygen atoms in total. The molecule has 0 bridgehead atoms. The number of amides is 1. The highest BCUT2D eigenvalue weighted by Gasteiger charge is 2.27. The van der Waals surface area contributed by atoms with E-state index in [1.54, 1.807) is 13.8 Å². The Morgan fingerprint density at radius 1 is 1.10 bits per heavy atom. The molecule has 0 unspecified atom stereocenters. The third-order valence-corrected chi connectivity index (χ3v) is 2.30. The number of nitrogens with one attached hydrogen (secondary N) is 1. The fraction of sp³-hybridized carbons (Fsp3) is 0.667. The molecule has 21 heavy (non-hydrogen) atoms. The van der Waals surface area contributed by atoms with Crippen LogP contribution in [0.5, 0.6) is 0 Å². The zero-order valence-electron chi connectivity index (χ0n) is 12.0. The highest BCUT2D eigenvalue weighted by molar-refractivity contribution is 5.90. The first-order chi connectivity index (χ1) is 9.81. The number of rotatable bonds is 9. The number of nitrogens with two attached hydrogens (primary N) is 1. The van der Waals surface area contributed by atoms with Crippen LogP contribution in [0.1, 0.15) is 26.7 Å². The van der Waals surface area contributed by atoms with Crippen molar-refractivity contribution < 1.29 is 33.8 Å². The van der Waals surface area contributed by atoms with Gasteiger partial charge in [-0.3, -0.25) is 14.4 Å². The van der Waals surface area contributed by atoms with Gasteiger partial charge in [0.2, 0.25) is 5.91 Å². The highest BCUT2D eigenvalue weighted by Crippen LogP contribution is 2.01. The number of carboxylic acid groups (broad SMARTS) is 1. The molecule has 9 heteroatoms. The van der Waals surface area contributed by atoms with Crippen LogP contribution in [0.3, 0.4) is 0 Å². The predicted octanol–water partition coefficient (Wildman–Crippen LogP) is -1.21. The topological polar surface area (TPSA) is 145 Å². The second kappa shape index (κ2) is 9.70. The standard InChI is InChI=1S/C12H20N2O7/c1-3-20-10(16)6-8(12(19)21-4-2)14-9(15)5-7(13)11(17)18/h7-8H,3-6,13H2,1-2H3,(H,14,15)(H,17,18)/t7-,8-/m1/s1. The van der Waals surface area contributed by atoms with Crippen LogP contribution in [0.2, 0.25) is 0 Å². The summed E-state index contributed by atoms with van der Waals surface area (Å²) in [6.45, 7) is 3.37. The second-order valence-corrected chi connectivity index (χ2v) is 4.03. The lowest BCUT2D eigenvalue weighted by molar-refractivity contribution is -0.153. The molecule has 0 saturated heterocycles. The zero-order valence-corrected chi connectivity index (χ0v) is 12.0. The smallest absolute Gasteiger partial charge is 0.329 e. The second-order valence-electron chi connectivity index (χ2n) is 4.03. The molecule has 0 aliphatic heterocycles. The first kappa shape index (κ1) is 18.8. The van der Waals surface area contributed by atoms with Crippen LogP contribution < -0.4 is 11.1 Å². The summed E-state index contributed by atoms with van der Waals surface area (Å²) in [5.41, 5.74) is 5.21. The summed E-state index contributed by atoms with van der Waals surface area (Å²) < 4.78 is 9.41. The molecule has 0 radical (unpaired) electrons. The molecule has 0 fully saturated rings. The molecule has 120 valence electrons. The maximum atomic E-state index is 11.6. The summed E-state index contributed by atoms with van der Waals surface area (Å²) in [6, 6.07) is -2.63. The molecule has 0 spiro atoms. The molecule has 0 aromatic rings. The fourth-order valence-corrected chi connectivity index (χ4v) is 1.36. The molecule has 0 aliphatic rings. The van der Waals surface area contributed by atoms with Gasteiger partial charge in [-0.1, -0.05) is 0 Å². The zero-order chi connectivity index (χ0) is 16.4. The maximum absolute atomic E-state index is 11.6. The Hall–Kier alpha value is -2.16. The first-order valence-electron chi connectivity index (χ1n) is 6.41. The van der Waals surface area contributed by atoms with Gasteiger partial charge in [0.1, 0.15) is 12.1 Å². The van der Waals surface area contributed by atoms with E-state index in [1.165, 1.54) is 0 Å². The molecule has 0 rings (SSSR count). The minimum absolute atomic E-state index is 0.0721. The van der Waals surface area contributed by atoms with E-state index in [-0.39, 0.29) is 13.2 Å². The van der Waals surface area contributed by atoms with Gasteiger partial charge >= 0.3 is 17.9 Å². The third kappa shape index (κ3) is 7.88. The summed E-state index contributed by atoms with van der Waals surface area (Å²) in [5, 5.41) is 10.8. The van der Waals surface area contributed by atoms with E-state index in [4.69, 9.17) is 15.6 Å². The lowest BCUT2D eigenvalue weighted by Crippen LogP contribution is -2.46. The summed E-state index contributed by atoms with van der Waals surface area (Å²) in [4.78, 5) is 45.2. The Bertz CT molecular complexity index is 397. The van der Waals surface area contributed by atoms with E-state index < -0.39 is 48.7 Å². The highest BCUT2D eigenvalue weighted by atomic mass is 16.5. The van der Waals surface area contributed by atoms with Crippen LogP contribution in [-0.4, -0.2) is 54.2 Å². The van der Waals surface area contributed by atoms with Gasteiger partial charge in [-0.25, -0.2) is 4.79 Å². The van der Waals surface area contributed by atoms with Crippen LogP contribution >= 0.6 is 0 Å². The van der Waals surface area contributed by atoms with E-state index in [0.29, 0.717) is 0 Å². The lowest BCUT2D eigenvalue weighted by atomic mass is 10.1. The summed E-state index contributed by atoms with van der Waals surface area (Å²) in [7, 11) is 0. The molecule has 0 heterocycles. The number of aliphatic carboxylic acids is 1. The quantitative estimate of drug-likeness (QED) is 0.450. The molecule has 0 aliphatic carbocycles. The van der Waals surface area contributed by atoms with Gasteiger partial charge in [-0.15, -0.1) is 0 Å². The molecular weight excluding hydrogens is 284 g/mol. The summed E-state index contributed by atoms with van der Waals surface area (Å²) >= 11 is 0. The number of hydrogen-bond donors (Lipinski definition) is 3. The van der Waals surface area contributed by atoms with Crippen molar-refractivity contribution >= 4 is 23.8 Å². The van der Waals surface area contributed by atoms with E-state index in [1.807, 2.05) is 0 Å². The molecule has 0 saturated carbocycles. The molecule has 0 aromatic heterocycles. The van der Waals surface area contributed by atoms with Crippen molar-refractivity contribution in [1.82, 2.24) is 5.32 Å². The van der Waals surface area contributed by atoms with Gasteiger partial charge < -0.3 is 25.6 Å². The molecule has 4 N–H and O–H groups in total. The van der Waals surface area contributed by atoms with Crippen molar-refractivity contribution in [2.75, 3.05) is 13.2 Å². The van der Waals surface area contributed by atoms with Crippen LogP contribution in [0.4, 0.5) is 0 Å². The van der Waals surface area contributed by atoms with Gasteiger partial charge in [-0.2, -0.15) is 0 Å². The minimum atomic E-state index is -1.39. The summed E-state index contributed by atoms with van der Waals surface area (Å²) in [5.74, 6) is -3.60. The van der Waals surface area contributed by atoms with Gasteiger partial charge in [0.15, 0.2) is 0 Å². The summed E-state index contributed by atoms with van der Waals surface area (Å²) in [6.07, 6.45) is -0.922. The number of hydrogen-bond acceptors (Lipinski definition) is 7. The van der Waals surface area contributed by atoms with Gasteiger partial charge in [0.25, 0.3) is 0 Å². The fourth-order valence-electron chi connectivity index (χ4n) is 1.36. The van der Waals surface area contributed by atoms with Gasteiger partial charge in [0.05, 0.1) is 26.1 Å². The average molecular weight is 304 g/mol. The SMILES string of the molecule is CCOC(=O)C[C@@H](NC(=O)C[C@@H](N)C(=O)O)C(=O)OCC. The minimum Gasteiger partial charge on any atom is -0.480 e. The molecule has 2 atom stereocenters. The van der Waals surface area contributed by atoms with Gasteiger partial charge in [0, 0.05) is 0 Å². The van der Waals surface area contributed by atoms with Crippen molar-refractivity contribution in [3.8, 4) is 0 Å². The Morgan fingerprint density at radius 3 is 2.14 bits per heavy atom. The van der Waals surface area contributed by atoms with Crippen LogP contribution in [-0.2, 0) is 28.7 Å². The van der Waals surface area contributed by atoms with Crippen molar-refractivity contribution in [3.63, 3.8) is 0 Å². The Kier molecular flexibility index (Phi) is 8.70. The van der Waals surface area contributed by atoms with Crippen molar-refractivity contribution in [3.05, 3.63) is 0 Å². The number of carbonyl (C=O) groups excluding carboxylic acids is 3. The van der Waals surface area contributed by atoms with Crippen LogP contribution in [0, 0.1) is 0 Å². The molecule has 1 amide bonds. The van der Waals surface area contributed by atoms with Crippen LogP contribution in [0.15, 0.2) is 0 Å². The molecular formula is C12H20N2O7. The average Bonchev–Trinajstić information content (AvgIpc) is 2.38.